The molecule has 3 aliphatic heterocycles. The molecule has 3 saturated heterocycles. The third kappa shape index (κ3) is 5.03. The molecule has 3 N–H and O–H groups in total. The Balaban J connectivity index is 1.25. The predicted octanol–water partition coefficient (Wildman–Crippen LogP) is 1.75. The zero-order valence-corrected chi connectivity index (χ0v) is 20.2. The molecule has 0 radical (unpaired) electrons. The number of hydrogen-bond acceptors (Lipinski definition) is 10. The number of carbonyl (C=O) groups is 1. The van der Waals surface area contributed by atoms with E-state index in [2.05, 4.69) is 25.4 Å². The molecule has 3 aromatic rings. The van der Waals surface area contributed by atoms with Gasteiger partial charge >= 0.3 is 6.03 Å². The number of aliphatic hydroxyl groups excluding tert-OH is 1. The molecule has 2 bridgehead atoms. The summed E-state index contributed by atoms with van der Waals surface area (Å²) in [4.78, 5) is 34.8. The van der Waals surface area contributed by atoms with Gasteiger partial charge in [0.15, 0.2) is 5.82 Å². The summed E-state index contributed by atoms with van der Waals surface area (Å²) in [5, 5.41) is 16.1. The van der Waals surface area contributed by atoms with Gasteiger partial charge in [-0.05, 0) is 42.8 Å². The molecule has 1 aromatic carbocycles. The van der Waals surface area contributed by atoms with Crippen LogP contribution in [0, 0.1) is 0 Å². The number of nitrogens with zero attached hydrogens (tertiary/aromatic N) is 6. The normalized spacial score (nSPS) is 23.1. The van der Waals surface area contributed by atoms with Gasteiger partial charge in [-0.2, -0.15) is 15.0 Å². The average Bonchev–Trinajstić information content (AvgIpc) is 3.20. The van der Waals surface area contributed by atoms with E-state index in [1.54, 1.807) is 36.7 Å². The Morgan fingerprint density at radius 3 is 2.35 bits per heavy atom. The lowest BCUT2D eigenvalue weighted by molar-refractivity contribution is 0.0538. The van der Waals surface area contributed by atoms with Gasteiger partial charge in [0.1, 0.15) is 0 Å². The SMILES string of the molecule is O=C(Nc1ccncc1)Nc1ccc(-c2nc(N3CCOCC3)nc(N3C4COCC(O)C3C4)n2)cc1. The minimum Gasteiger partial charge on any atom is -0.389 e. The Labute approximate surface area is 213 Å². The molecule has 3 unspecified atom stereocenters. The maximum absolute atomic E-state index is 12.3. The van der Waals surface area contributed by atoms with Gasteiger partial charge in [-0.15, -0.1) is 0 Å². The van der Waals surface area contributed by atoms with Gasteiger partial charge in [0.05, 0.1) is 44.6 Å². The number of aliphatic hydroxyl groups is 1. The Kier molecular flexibility index (Phi) is 6.51. The molecule has 2 aromatic heterocycles. The lowest BCUT2D eigenvalue weighted by Gasteiger charge is -2.47. The minimum atomic E-state index is -0.588. The predicted molar refractivity (Wildman–Crippen MR) is 137 cm³/mol. The van der Waals surface area contributed by atoms with Gasteiger partial charge in [-0.1, -0.05) is 0 Å². The molecule has 0 spiro atoms. The molecule has 2 amide bonds. The van der Waals surface area contributed by atoms with Gasteiger partial charge in [0, 0.05) is 42.4 Å². The summed E-state index contributed by atoms with van der Waals surface area (Å²) >= 11 is 0. The van der Waals surface area contributed by atoms with E-state index < -0.39 is 6.10 Å². The Hall–Kier alpha value is -3.87. The highest BCUT2D eigenvalue weighted by atomic mass is 16.5. The van der Waals surface area contributed by atoms with Crippen molar-refractivity contribution in [2.45, 2.75) is 24.6 Å². The largest absolute Gasteiger partial charge is 0.389 e. The van der Waals surface area contributed by atoms with Gasteiger partial charge in [0.25, 0.3) is 0 Å². The number of aromatic nitrogens is 4. The summed E-state index contributed by atoms with van der Waals surface area (Å²) in [7, 11) is 0. The van der Waals surface area contributed by atoms with Gasteiger partial charge in [-0.25, -0.2) is 4.79 Å². The van der Waals surface area contributed by atoms with Gasteiger partial charge < -0.3 is 35.0 Å². The molecule has 37 heavy (non-hydrogen) atoms. The van der Waals surface area contributed by atoms with E-state index in [9.17, 15) is 9.90 Å². The topological polar surface area (TPSA) is 138 Å². The lowest BCUT2D eigenvalue weighted by Crippen LogP contribution is -2.61. The van der Waals surface area contributed by atoms with Crippen molar-refractivity contribution >= 4 is 29.3 Å². The standard InChI is InChI=1S/C25H28N8O4/c34-21-15-37-14-19-13-20(21)33(19)24-30-22(29-23(31-24)32-9-11-36-12-10-32)16-1-3-17(4-2-16)27-25(35)28-18-5-7-26-8-6-18/h1-8,19-21,34H,9-15H2,(H2,26,27,28,35). The van der Waals surface area contributed by atoms with Crippen LogP contribution in [0.15, 0.2) is 48.8 Å². The smallest absolute Gasteiger partial charge is 0.323 e. The Morgan fingerprint density at radius 2 is 1.59 bits per heavy atom. The number of pyridine rings is 1. The average molecular weight is 505 g/mol. The summed E-state index contributed by atoms with van der Waals surface area (Å²) in [5.74, 6) is 1.65. The molecule has 12 heteroatoms. The maximum Gasteiger partial charge on any atom is 0.323 e. The van der Waals surface area contributed by atoms with Crippen molar-refractivity contribution in [1.29, 1.82) is 0 Å². The first-order valence-electron chi connectivity index (χ1n) is 12.4. The second-order valence-electron chi connectivity index (χ2n) is 9.22. The van der Waals surface area contributed by atoms with Crippen LogP contribution in [0.3, 0.4) is 0 Å². The molecule has 5 heterocycles. The van der Waals surface area contributed by atoms with Crippen LogP contribution in [0.2, 0.25) is 0 Å². The van der Waals surface area contributed by atoms with Crippen LogP contribution in [-0.4, -0.2) is 88.8 Å². The molecule has 3 fully saturated rings. The number of morpholine rings is 1. The van der Waals surface area contributed by atoms with Crippen molar-refractivity contribution in [2.24, 2.45) is 0 Å². The number of hydrogen-bond donors (Lipinski definition) is 3. The molecule has 12 nitrogen and oxygen atoms in total. The number of rotatable bonds is 5. The molecule has 3 atom stereocenters. The van der Waals surface area contributed by atoms with Crippen LogP contribution in [0.25, 0.3) is 11.4 Å². The molecular formula is C25H28N8O4. The fourth-order valence-electron chi connectivity index (χ4n) is 4.81. The second kappa shape index (κ2) is 10.2. The molecule has 0 saturated carbocycles. The number of fused-ring (bicyclic) bond motifs is 2. The van der Waals surface area contributed by atoms with Crippen molar-refractivity contribution < 1.29 is 19.4 Å². The first-order chi connectivity index (χ1) is 18.1. The van der Waals surface area contributed by atoms with Crippen molar-refractivity contribution in [1.82, 2.24) is 19.9 Å². The van der Waals surface area contributed by atoms with Crippen LogP contribution in [0.1, 0.15) is 6.42 Å². The number of carbonyl (C=O) groups excluding carboxylic acids is 1. The van der Waals surface area contributed by atoms with Gasteiger partial charge in [-0.3, -0.25) is 4.98 Å². The van der Waals surface area contributed by atoms with E-state index in [0.29, 0.717) is 68.6 Å². The van der Waals surface area contributed by atoms with Crippen LogP contribution in [-0.2, 0) is 9.47 Å². The fourth-order valence-corrected chi connectivity index (χ4v) is 4.81. The highest BCUT2D eigenvalue weighted by molar-refractivity contribution is 5.99. The Bertz CT molecular complexity index is 1240. The molecule has 3 aliphatic rings. The van der Waals surface area contributed by atoms with Crippen molar-refractivity contribution in [3.63, 3.8) is 0 Å². The summed E-state index contributed by atoms with van der Waals surface area (Å²) in [6.07, 6.45) is 3.48. The van der Waals surface area contributed by atoms with E-state index in [1.165, 1.54) is 0 Å². The Morgan fingerprint density at radius 1 is 0.892 bits per heavy atom. The summed E-state index contributed by atoms with van der Waals surface area (Å²) < 4.78 is 11.1. The van der Waals surface area contributed by atoms with Crippen LogP contribution < -0.4 is 20.4 Å². The number of nitrogens with one attached hydrogen (secondary N) is 2. The van der Waals surface area contributed by atoms with Crippen LogP contribution >= 0.6 is 0 Å². The van der Waals surface area contributed by atoms with Crippen LogP contribution in [0.5, 0.6) is 0 Å². The zero-order chi connectivity index (χ0) is 25.2. The summed E-state index contributed by atoms with van der Waals surface area (Å²) in [5.41, 5.74) is 2.07. The third-order valence-electron chi connectivity index (χ3n) is 6.78. The quantitative estimate of drug-likeness (QED) is 0.471. The van der Waals surface area contributed by atoms with E-state index in [-0.39, 0.29) is 18.1 Å². The second-order valence-corrected chi connectivity index (χ2v) is 9.22. The molecule has 192 valence electrons. The van der Waals surface area contributed by atoms with Crippen LogP contribution in [0.4, 0.5) is 28.1 Å². The van der Waals surface area contributed by atoms with E-state index >= 15 is 0 Å². The number of benzene rings is 1. The zero-order valence-electron chi connectivity index (χ0n) is 20.2. The minimum absolute atomic E-state index is 0.0780. The van der Waals surface area contributed by atoms with Gasteiger partial charge in [0.2, 0.25) is 11.9 Å². The summed E-state index contributed by atoms with van der Waals surface area (Å²) in [6, 6.07) is 10.5. The number of amides is 2. The van der Waals surface area contributed by atoms with Crippen molar-refractivity contribution in [2.75, 3.05) is 60.0 Å². The first kappa shape index (κ1) is 23.5. The number of ether oxygens (including phenoxy) is 2. The molecular weight excluding hydrogens is 476 g/mol. The first-order valence-corrected chi connectivity index (χ1v) is 12.4. The fraction of sp³-hybridized carbons (Fsp3) is 0.400. The maximum atomic E-state index is 12.3. The third-order valence-corrected chi connectivity index (χ3v) is 6.78. The lowest BCUT2D eigenvalue weighted by atomic mass is 9.91. The molecule has 0 aliphatic carbocycles. The van der Waals surface area contributed by atoms with E-state index in [1.807, 2.05) is 12.1 Å². The monoisotopic (exact) mass is 504 g/mol. The number of urea groups is 1. The number of anilines is 4. The van der Waals surface area contributed by atoms with Crippen molar-refractivity contribution in [3.05, 3.63) is 48.8 Å². The van der Waals surface area contributed by atoms with Crippen molar-refractivity contribution in [3.8, 4) is 11.4 Å². The van der Waals surface area contributed by atoms with E-state index in [0.717, 1.165) is 12.0 Å². The van der Waals surface area contributed by atoms with E-state index in [4.69, 9.17) is 24.4 Å². The highest BCUT2D eigenvalue weighted by Crippen LogP contribution is 2.36. The molecule has 6 rings (SSSR count). The highest BCUT2D eigenvalue weighted by Gasteiger charge is 2.46. The summed E-state index contributed by atoms with van der Waals surface area (Å²) in [6.45, 7) is 3.45.